The molecule has 0 saturated carbocycles. The number of rotatable bonds is 6. The van der Waals surface area contributed by atoms with Gasteiger partial charge in [-0.3, -0.25) is 9.59 Å². The molecular formula is C25H20Cl2N2O4. The molecule has 0 atom stereocenters. The molecule has 8 heteroatoms. The largest absolute Gasteiger partial charge is 0.462 e. The molecule has 0 fully saturated rings. The second-order valence-electron chi connectivity index (χ2n) is 7.45. The van der Waals surface area contributed by atoms with E-state index in [-0.39, 0.29) is 30.0 Å². The summed E-state index contributed by atoms with van der Waals surface area (Å²) >= 11 is 12.4. The third kappa shape index (κ3) is 4.19. The third-order valence-electron chi connectivity index (χ3n) is 5.45. The minimum Gasteiger partial charge on any atom is -0.462 e. The number of nitrogens with one attached hydrogen (secondary N) is 1. The van der Waals surface area contributed by atoms with Crippen LogP contribution in [0.25, 0.3) is 11.0 Å². The number of hydrogen-bond acceptors (Lipinski definition) is 4. The predicted octanol–water partition coefficient (Wildman–Crippen LogP) is 5.40. The number of fused-ring (bicyclic) bond motifs is 1. The molecule has 2 heterocycles. The average Bonchev–Trinajstić information content (AvgIpc) is 3.08. The van der Waals surface area contributed by atoms with Crippen LogP contribution in [0.15, 0.2) is 59.5 Å². The Hall–Kier alpha value is -3.35. The van der Waals surface area contributed by atoms with Gasteiger partial charge in [0.05, 0.1) is 17.7 Å². The van der Waals surface area contributed by atoms with Gasteiger partial charge in [-0.15, -0.1) is 0 Å². The van der Waals surface area contributed by atoms with Crippen molar-refractivity contribution in [1.82, 2.24) is 9.55 Å². The second kappa shape index (κ2) is 9.25. The van der Waals surface area contributed by atoms with Crippen LogP contribution in [-0.4, -0.2) is 27.9 Å². The van der Waals surface area contributed by atoms with Crippen molar-refractivity contribution in [3.05, 3.63) is 103 Å². The summed E-state index contributed by atoms with van der Waals surface area (Å²) < 4.78 is 6.73. The molecule has 4 aromatic rings. The maximum absolute atomic E-state index is 13.4. The van der Waals surface area contributed by atoms with Crippen molar-refractivity contribution in [2.75, 3.05) is 6.61 Å². The Morgan fingerprint density at radius 3 is 2.48 bits per heavy atom. The van der Waals surface area contributed by atoms with E-state index in [4.69, 9.17) is 27.9 Å². The fourth-order valence-electron chi connectivity index (χ4n) is 3.84. The first-order valence-electron chi connectivity index (χ1n) is 10.3. The van der Waals surface area contributed by atoms with Gasteiger partial charge in [0.25, 0.3) is 0 Å². The maximum atomic E-state index is 13.4. The van der Waals surface area contributed by atoms with Gasteiger partial charge in [-0.05, 0) is 31.5 Å². The fourth-order valence-corrected chi connectivity index (χ4v) is 4.31. The van der Waals surface area contributed by atoms with Crippen molar-refractivity contribution in [2.45, 2.75) is 20.4 Å². The van der Waals surface area contributed by atoms with Gasteiger partial charge in [-0.25, -0.2) is 4.79 Å². The third-order valence-corrected chi connectivity index (χ3v) is 6.03. The number of carbonyl (C=O) groups is 2. The van der Waals surface area contributed by atoms with E-state index in [1.54, 1.807) is 60.9 Å². The number of ether oxygens (including phenoxy) is 1. The molecule has 33 heavy (non-hydrogen) atoms. The second-order valence-corrected chi connectivity index (χ2v) is 8.30. The van der Waals surface area contributed by atoms with Crippen molar-refractivity contribution >= 4 is 46.0 Å². The molecule has 2 aromatic heterocycles. The van der Waals surface area contributed by atoms with E-state index in [1.807, 2.05) is 6.07 Å². The Balaban J connectivity index is 1.98. The van der Waals surface area contributed by atoms with Gasteiger partial charge >= 0.3 is 5.97 Å². The SMILES string of the molecule is CCOC(=O)c1c[nH]c2c(C(=O)c3ccccc3)c(C)n(Cc3ccc(Cl)cc3Cl)c2c1=O. The molecule has 4 rings (SSSR count). The zero-order chi connectivity index (χ0) is 23.7. The van der Waals surface area contributed by atoms with Crippen LogP contribution in [0.3, 0.4) is 0 Å². The van der Waals surface area contributed by atoms with E-state index in [1.165, 1.54) is 6.20 Å². The Morgan fingerprint density at radius 2 is 1.82 bits per heavy atom. The van der Waals surface area contributed by atoms with Gasteiger partial charge in [0, 0.05) is 34.0 Å². The van der Waals surface area contributed by atoms with E-state index in [0.717, 1.165) is 0 Å². The predicted molar refractivity (Wildman–Crippen MR) is 129 cm³/mol. The number of carbonyl (C=O) groups excluding carboxylic acids is 2. The molecule has 0 unspecified atom stereocenters. The van der Waals surface area contributed by atoms with Gasteiger partial charge in [-0.1, -0.05) is 59.6 Å². The summed E-state index contributed by atoms with van der Waals surface area (Å²) in [5, 5.41) is 0.915. The number of esters is 1. The summed E-state index contributed by atoms with van der Waals surface area (Å²) in [6.45, 7) is 3.76. The molecule has 0 aliphatic carbocycles. The van der Waals surface area contributed by atoms with Crippen LogP contribution in [-0.2, 0) is 11.3 Å². The minimum atomic E-state index is -0.730. The van der Waals surface area contributed by atoms with Gasteiger partial charge in [0.1, 0.15) is 11.1 Å². The van der Waals surface area contributed by atoms with E-state index in [0.29, 0.717) is 37.9 Å². The number of nitrogens with zero attached hydrogens (tertiary/aromatic N) is 1. The lowest BCUT2D eigenvalue weighted by atomic mass is 10.0. The first-order valence-corrected chi connectivity index (χ1v) is 11.0. The summed E-state index contributed by atoms with van der Waals surface area (Å²) in [6.07, 6.45) is 1.30. The average molecular weight is 483 g/mol. The minimum absolute atomic E-state index is 0.133. The summed E-state index contributed by atoms with van der Waals surface area (Å²) in [7, 11) is 0. The number of halogens is 2. The number of H-pyrrole nitrogens is 1. The number of aromatic nitrogens is 2. The van der Waals surface area contributed by atoms with Crippen LogP contribution in [0.2, 0.25) is 10.0 Å². The monoisotopic (exact) mass is 482 g/mol. The molecule has 0 radical (unpaired) electrons. The van der Waals surface area contributed by atoms with Gasteiger partial charge in [-0.2, -0.15) is 0 Å². The van der Waals surface area contributed by atoms with Crippen molar-refractivity contribution < 1.29 is 14.3 Å². The Morgan fingerprint density at radius 1 is 1.09 bits per heavy atom. The smallest absolute Gasteiger partial charge is 0.343 e. The van der Waals surface area contributed by atoms with E-state index in [2.05, 4.69) is 4.98 Å². The quantitative estimate of drug-likeness (QED) is 0.294. The van der Waals surface area contributed by atoms with Crippen LogP contribution < -0.4 is 5.43 Å². The number of ketones is 1. The van der Waals surface area contributed by atoms with E-state index in [9.17, 15) is 14.4 Å². The van der Waals surface area contributed by atoms with Crippen molar-refractivity contribution in [3.8, 4) is 0 Å². The normalized spacial score (nSPS) is 11.0. The van der Waals surface area contributed by atoms with Crippen LogP contribution in [0.1, 0.15) is 44.5 Å². The zero-order valence-electron chi connectivity index (χ0n) is 17.9. The highest BCUT2D eigenvalue weighted by Gasteiger charge is 2.26. The molecule has 0 bridgehead atoms. The van der Waals surface area contributed by atoms with Crippen molar-refractivity contribution in [2.24, 2.45) is 0 Å². The van der Waals surface area contributed by atoms with Gasteiger partial charge in [0.2, 0.25) is 5.43 Å². The Bertz CT molecular complexity index is 1440. The van der Waals surface area contributed by atoms with Crippen molar-refractivity contribution in [1.29, 1.82) is 0 Å². The topological polar surface area (TPSA) is 81.2 Å². The molecule has 6 nitrogen and oxygen atoms in total. The standard InChI is InChI=1S/C25H20Cl2N2O4/c1-3-33-25(32)18-12-28-21-20(23(30)15-7-5-4-6-8-15)14(2)29(22(21)24(18)31)13-16-9-10-17(26)11-19(16)27/h4-12H,3,13H2,1-2H3,(H,28,31). The molecule has 0 aliphatic rings. The number of pyridine rings is 1. The highest BCUT2D eigenvalue weighted by Crippen LogP contribution is 2.28. The first-order chi connectivity index (χ1) is 15.8. The van der Waals surface area contributed by atoms with E-state index >= 15 is 0 Å². The summed E-state index contributed by atoms with van der Waals surface area (Å²) in [5.74, 6) is -0.967. The van der Waals surface area contributed by atoms with Crippen LogP contribution in [0, 0.1) is 6.92 Å². The number of benzene rings is 2. The maximum Gasteiger partial charge on any atom is 0.343 e. The molecule has 0 amide bonds. The molecule has 168 valence electrons. The lowest BCUT2D eigenvalue weighted by Crippen LogP contribution is -2.20. The summed E-state index contributed by atoms with van der Waals surface area (Å²) in [6, 6.07) is 13.9. The highest BCUT2D eigenvalue weighted by molar-refractivity contribution is 6.35. The van der Waals surface area contributed by atoms with Crippen LogP contribution >= 0.6 is 23.2 Å². The summed E-state index contributed by atoms with van der Waals surface area (Å²) in [4.78, 5) is 42.2. The Labute approximate surface area is 199 Å². The number of hydrogen-bond donors (Lipinski definition) is 1. The summed E-state index contributed by atoms with van der Waals surface area (Å²) in [5.41, 5.74) is 2.01. The van der Waals surface area contributed by atoms with E-state index < -0.39 is 11.4 Å². The van der Waals surface area contributed by atoms with Gasteiger partial charge < -0.3 is 14.3 Å². The molecule has 0 aliphatic heterocycles. The molecular weight excluding hydrogens is 463 g/mol. The Kier molecular flexibility index (Phi) is 6.40. The lowest BCUT2D eigenvalue weighted by Gasteiger charge is -2.11. The molecule has 2 aromatic carbocycles. The molecule has 1 N–H and O–H groups in total. The molecule has 0 saturated heterocycles. The lowest BCUT2D eigenvalue weighted by molar-refractivity contribution is 0.0524. The zero-order valence-corrected chi connectivity index (χ0v) is 19.5. The van der Waals surface area contributed by atoms with Crippen molar-refractivity contribution in [3.63, 3.8) is 0 Å². The number of aromatic amines is 1. The first kappa shape index (κ1) is 22.8. The molecule has 0 spiro atoms. The van der Waals surface area contributed by atoms with Crippen LogP contribution in [0.4, 0.5) is 0 Å². The van der Waals surface area contributed by atoms with Gasteiger partial charge in [0.15, 0.2) is 5.78 Å². The highest BCUT2D eigenvalue weighted by atomic mass is 35.5. The van der Waals surface area contributed by atoms with Crippen LogP contribution in [0.5, 0.6) is 0 Å². The fraction of sp³-hybridized carbons (Fsp3) is 0.160.